The van der Waals surface area contributed by atoms with Gasteiger partial charge in [-0.15, -0.1) is 0 Å². The third-order valence-electron chi connectivity index (χ3n) is 3.31. The van der Waals surface area contributed by atoms with Gasteiger partial charge in [0.25, 0.3) is 5.91 Å². The Kier molecular flexibility index (Phi) is 5.97. The minimum absolute atomic E-state index is 0.282. The van der Waals surface area contributed by atoms with E-state index in [-0.39, 0.29) is 5.91 Å². The molecule has 5 nitrogen and oxygen atoms in total. The standard InChI is InChI=1S/C18H22N2O3/c1-4-5-10-22-16-8-6-15(7-9-16)12-19-20-18(21)17-11-13(2)23-14(17)3/h6-9,11-12H,4-5,10H2,1-3H3,(H,20,21)/b19-12+. The molecule has 0 saturated carbocycles. The number of nitrogens with one attached hydrogen (secondary N) is 1. The average Bonchev–Trinajstić information content (AvgIpc) is 2.88. The molecule has 0 aliphatic heterocycles. The Balaban J connectivity index is 1.88. The fourth-order valence-corrected chi connectivity index (χ4v) is 2.07. The molecule has 2 rings (SSSR count). The van der Waals surface area contributed by atoms with Crippen molar-refractivity contribution in [3.05, 3.63) is 53.0 Å². The van der Waals surface area contributed by atoms with E-state index in [2.05, 4.69) is 17.5 Å². The molecule has 2 aromatic rings. The zero-order valence-electron chi connectivity index (χ0n) is 13.8. The van der Waals surface area contributed by atoms with Gasteiger partial charge in [-0.05, 0) is 56.2 Å². The van der Waals surface area contributed by atoms with Crippen LogP contribution in [0.25, 0.3) is 0 Å². The Labute approximate surface area is 136 Å². The highest BCUT2D eigenvalue weighted by Crippen LogP contribution is 2.13. The molecule has 0 bridgehead atoms. The number of amides is 1. The van der Waals surface area contributed by atoms with Crippen LogP contribution in [0.2, 0.25) is 0 Å². The number of nitrogens with zero attached hydrogens (tertiary/aromatic N) is 1. The van der Waals surface area contributed by atoms with Crippen LogP contribution >= 0.6 is 0 Å². The molecule has 1 aromatic carbocycles. The van der Waals surface area contributed by atoms with E-state index in [4.69, 9.17) is 9.15 Å². The van der Waals surface area contributed by atoms with Crippen molar-refractivity contribution in [1.82, 2.24) is 5.43 Å². The van der Waals surface area contributed by atoms with Gasteiger partial charge in [-0.2, -0.15) is 5.10 Å². The zero-order chi connectivity index (χ0) is 16.7. The van der Waals surface area contributed by atoms with Gasteiger partial charge in [-0.25, -0.2) is 5.43 Å². The molecule has 122 valence electrons. The highest BCUT2D eigenvalue weighted by Gasteiger charge is 2.12. The molecule has 1 N–H and O–H groups in total. The number of benzene rings is 1. The molecule has 0 aliphatic rings. The van der Waals surface area contributed by atoms with Gasteiger partial charge in [-0.1, -0.05) is 13.3 Å². The summed E-state index contributed by atoms with van der Waals surface area (Å²) in [6, 6.07) is 9.27. The SMILES string of the molecule is CCCCOc1ccc(/C=N/NC(=O)c2cc(C)oc2C)cc1. The molecule has 0 unspecified atom stereocenters. The quantitative estimate of drug-likeness (QED) is 0.480. The molecule has 23 heavy (non-hydrogen) atoms. The Bertz CT molecular complexity index is 672. The van der Waals surface area contributed by atoms with Crippen LogP contribution in [0, 0.1) is 13.8 Å². The van der Waals surface area contributed by atoms with E-state index >= 15 is 0 Å². The Morgan fingerprint density at radius 3 is 2.65 bits per heavy atom. The summed E-state index contributed by atoms with van der Waals surface area (Å²) in [7, 11) is 0. The maximum Gasteiger partial charge on any atom is 0.274 e. The second kappa shape index (κ2) is 8.17. The first-order valence-corrected chi connectivity index (χ1v) is 7.73. The van der Waals surface area contributed by atoms with Crippen LogP contribution in [0.15, 0.2) is 39.9 Å². The van der Waals surface area contributed by atoms with Crippen molar-refractivity contribution < 1.29 is 13.9 Å². The second-order valence-electron chi connectivity index (χ2n) is 5.30. The van der Waals surface area contributed by atoms with Gasteiger partial charge >= 0.3 is 0 Å². The zero-order valence-corrected chi connectivity index (χ0v) is 13.8. The summed E-state index contributed by atoms with van der Waals surface area (Å²) in [5.41, 5.74) is 3.88. The summed E-state index contributed by atoms with van der Waals surface area (Å²) in [6.07, 6.45) is 3.75. The van der Waals surface area contributed by atoms with Gasteiger partial charge in [-0.3, -0.25) is 4.79 Å². The summed E-state index contributed by atoms with van der Waals surface area (Å²) in [5.74, 6) is 1.85. The Morgan fingerprint density at radius 2 is 2.04 bits per heavy atom. The molecule has 0 radical (unpaired) electrons. The summed E-state index contributed by atoms with van der Waals surface area (Å²) < 4.78 is 10.9. The predicted octanol–water partition coefficient (Wildman–Crippen LogP) is 3.84. The first-order chi connectivity index (χ1) is 11.1. The molecule has 1 heterocycles. The van der Waals surface area contributed by atoms with Crippen molar-refractivity contribution in [3.63, 3.8) is 0 Å². The molecule has 0 spiro atoms. The van der Waals surface area contributed by atoms with Crippen molar-refractivity contribution in [2.24, 2.45) is 5.10 Å². The molecule has 5 heteroatoms. The summed E-state index contributed by atoms with van der Waals surface area (Å²) >= 11 is 0. The number of hydrogen-bond donors (Lipinski definition) is 1. The first kappa shape index (κ1) is 16.8. The van der Waals surface area contributed by atoms with Crippen LogP contribution in [0.4, 0.5) is 0 Å². The number of ether oxygens (including phenoxy) is 1. The van der Waals surface area contributed by atoms with E-state index in [9.17, 15) is 4.79 Å². The molecule has 0 fully saturated rings. The first-order valence-electron chi connectivity index (χ1n) is 7.73. The number of rotatable bonds is 7. The fraction of sp³-hybridized carbons (Fsp3) is 0.333. The Morgan fingerprint density at radius 1 is 1.30 bits per heavy atom. The number of furan rings is 1. The van der Waals surface area contributed by atoms with E-state index < -0.39 is 0 Å². The lowest BCUT2D eigenvalue weighted by Crippen LogP contribution is -2.17. The minimum Gasteiger partial charge on any atom is -0.494 e. The van der Waals surface area contributed by atoms with Crippen molar-refractivity contribution in [3.8, 4) is 5.75 Å². The van der Waals surface area contributed by atoms with E-state index in [0.717, 1.165) is 30.8 Å². The topological polar surface area (TPSA) is 63.8 Å². The van der Waals surface area contributed by atoms with Gasteiger partial charge in [0.15, 0.2) is 0 Å². The lowest BCUT2D eigenvalue weighted by Gasteiger charge is -2.04. The summed E-state index contributed by atoms with van der Waals surface area (Å²) in [4.78, 5) is 12.0. The van der Waals surface area contributed by atoms with E-state index in [1.54, 1.807) is 26.1 Å². The van der Waals surface area contributed by atoms with Crippen LogP contribution in [-0.4, -0.2) is 18.7 Å². The third kappa shape index (κ3) is 4.98. The van der Waals surface area contributed by atoms with Crippen molar-refractivity contribution in [2.45, 2.75) is 33.6 Å². The van der Waals surface area contributed by atoms with Gasteiger partial charge in [0.2, 0.25) is 0 Å². The molecular formula is C18H22N2O3. The predicted molar refractivity (Wildman–Crippen MR) is 90.1 cm³/mol. The van der Waals surface area contributed by atoms with E-state index in [0.29, 0.717) is 17.1 Å². The maximum absolute atomic E-state index is 12.0. The van der Waals surface area contributed by atoms with Crippen LogP contribution < -0.4 is 10.2 Å². The van der Waals surface area contributed by atoms with Crippen LogP contribution in [0.3, 0.4) is 0 Å². The summed E-state index contributed by atoms with van der Waals surface area (Å²) in [6.45, 7) is 6.41. The molecule has 0 aliphatic carbocycles. The van der Waals surface area contributed by atoms with Crippen molar-refractivity contribution in [1.29, 1.82) is 0 Å². The number of unbranched alkanes of at least 4 members (excludes halogenated alkanes) is 1. The Hall–Kier alpha value is -2.56. The van der Waals surface area contributed by atoms with Gasteiger partial charge in [0, 0.05) is 0 Å². The average molecular weight is 314 g/mol. The largest absolute Gasteiger partial charge is 0.494 e. The lowest BCUT2D eigenvalue weighted by atomic mass is 10.2. The monoisotopic (exact) mass is 314 g/mol. The van der Waals surface area contributed by atoms with Crippen molar-refractivity contribution >= 4 is 12.1 Å². The third-order valence-corrected chi connectivity index (χ3v) is 3.31. The van der Waals surface area contributed by atoms with Gasteiger partial charge < -0.3 is 9.15 Å². The smallest absolute Gasteiger partial charge is 0.274 e. The highest BCUT2D eigenvalue weighted by atomic mass is 16.5. The number of aryl methyl sites for hydroxylation is 2. The lowest BCUT2D eigenvalue weighted by molar-refractivity contribution is 0.0953. The minimum atomic E-state index is -0.282. The van der Waals surface area contributed by atoms with Crippen LogP contribution in [0.5, 0.6) is 5.75 Å². The molecule has 0 saturated heterocycles. The molecule has 1 amide bonds. The second-order valence-corrected chi connectivity index (χ2v) is 5.30. The van der Waals surface area contributed by atoms with Crippen LogP contribution in [-0.2, 0) is 0 Å². The van der Waals surface area contributed by atoms with Crippen LogP contribution in [0.1, 0.15) is 47.2 Å². The van der Waals surface area contributed by atoms with Crippen molar-refractivity contribution in [2.75, 3.05) is 6.61 Å². The number of hydrazone groups is 1. The van der Waals surface area contributed by atoms with E-state index in [1.807, 2.05) is 24.3 Å². The van der Waals surface area contributed by atoms with E-state index in [1.165, 1.54) is 0 Å². The maximum atomic E-state index is 12.0. The van der Waals surface area contributed by atoms with Gasteiger partial charge in [0.05, 0.1) is 18.4 Å². The fourth-order valence-electron chi connectivity index (χ4n) is 2.07. The number of hydrogen-bond acceptors (Lipinski definition) is 4. The molecule has 0 atom stereocenters. The molecular weight excluding hydrogens is 292 g/mol. The van der Waals surface area contributed by atoms with Gasteiger partial charge in [0.1, 0.15) is 17.3 Å². The normalized spacial score (nSPS) is 10.9. The highest BCUT2D eigenvalue weighted by molar-refractivity contribution is 5.95. The number of carbonyl (C=O) groups excluding carboxylic acids is 1. The summed E-state index contributed by atoms with van der Waals surface area (Å²) in [5, 5.41) is 3.97. The number of carbonyl (C=O) groups is 1. The molecule has 1 aromatic heterocycles.